The number of nitrogens with one attached hydrogen (secondary N) is 1. The van der Waals surface area contributed by atoms with Gasteiger partial charge in [0.25, 0.3) is 0 Å². The number of hydrogen-bond donors (Lipinski definition) is 1. The van der Waals surface area contributed by atoms with Crippen LogP contribution in [0.4, 0.5) is 10.5 Å². The third kappa shape index (κ3) is 5.40. The van der Waals surface area contributed by atoms with Crippen LogP contribution in [0.5, 0.6) is 0 Å². The first-order valence-electron chi connectivity index (χ1n) is 10.1. The Bertz CT molecular complexity index is 1300. The summed E-state index contributed by atoms with van der Waals surface area (Å²) in [5.74, 6) is 6.53. The monoisotopic (exact) mass is 461 g/mol. The highest BCUT2D eigenvalue weighted by Crippen LogP contribution is 2.32. The van der Waals surface area contributed by atoms with Crippen LogP contribution >= 0.6 is 11.6 Å². The van der Waals surface area contributed by atoms with E-state index in [1.54, 1.807) is 30.9 Å². The predicted molar refractivity (Wildman–Crippen MR) is 124 cm³/mol. The molecule has 4 aromatic rings. The lowest BCUT2D eigenvalue weighted by atomic mass is 10.1. The zero-order valence-corrected chi connectivity index (χ0v) is 18.7. The van der Waals surface area contributed by atoms with Gasteiger partial charge >= 0.3 is 6.09 Å². The standard InChI is InChI=1S/C24H20ClN5O3/c1-16-22(28-24(31)32-17(2)20-7-3-4-8-21(20)25)23(33-29-16)19-11-9-18(10-12-19)6-5-13-30-15-26-14-27-30/h3-4,7-12,14-15,17H,13H2,1-2H3,(H,28,31). The lowest BCUT2D eigenvalue weighted by Crippen LogP contribution is -2.17. The molecule has 0 aliphatic heterocycles. The molecule has 8 nitrogen and oxygen atoms in total. The Kier molecular flexibility index (Phi) is 6.72. The first-order valence-corrected chi connectivity index (χ1v) is 10.5. The molecule has 0 saturated carbocycles. The van der Waals surface area contributed by atoms with Crippen molar-refractivity contribution in [3.05, 3.63) is 83.0 Å². The van der Waals surface area contributed by atoms with E-state index in [1.165, 1.54) is 6.33 Å². The Balaban J connectivity index is 1.44. The van der Waals surface area contributed by atoms with E-state index in [9.17, 15) is 4.79 Å². The fraction of sp³-hybridized carbons (Fsp3) is 0.167. The summed E-state index contributed by atoms with van der Waals surface area (Å²) in [6.45, 7) is 3.95. The van der Waals surface area contributed by atoms with Gasteiger partial charge < -0.3 is 9.26 Å². The molecule has 0 bridgehead atoms. The van der Waals surface area contributed by atoms with E-state index in [4.69, 9.17) is 20.9 Å². The van der Waals surface area contributed by atoms with Crippen molar-refractivity contribution >= 4 is 23.4 Å². The van der Waals surface area contributed by atoms with E-state index in [0.29, 0.717) is 28.7 Å². The maximum atomic E-state index is 12.5. The third-order valence-electron chi connectivity index (χ3n) is 4.80. The molecule has 1 atom stereocenters. The SMILES string of the molecule is Cc1noc(-c2ccc(C#CCn3cncn3)cc2)c1NC(=O)OC(C)c1ccccc1Cl. The van der Waals surface area contributed by atoms with Crippen LogP contribution in [-0.4, -0.2) is 26.0 Å². The lowest BCUT2D eigenvalue weighted by Gasteiger charge is -2.15. The second kappa shape index (κ2) is 10.0. The average Bonchev–Trinajstić information content (AvgIpc) is 3.45. The second-order valence-electron chi connectivity index (χ2n) is 7.14. The zero-order chi connectivity index (χ0) is 23.2. The first kappa shape index (κ1) is 22.1. The molecule has 9 heteroatoms. The summed E-state index contributed by atoms with van der Waals surface area (Å²) >= 11 is 6.19. The molecule has 2 aromatic carbocycles. The van der Waals surface area contributed by atoms with Gasteiger partial charge in [-0.05, 0) is 44.2 Å². The Labute approximate surface area is 195 Å². The number of rotatable bonds is 5. The summed E-state index contributed by atoms with van der Waals surface area (Å²) in [4.78, 5) is 16.4. The summed E-state index contributed by atoms with van der Waals surface area (Å²) in [7, 11) is 0. The van der Waals surface area contributed by atoms with Crippen LogP contribution in [0.3, 0.4) is 0 Å². The molecular weight excluding hydrogens is 442 g/mol. The van der Waals surface area contributed by atoms with Gasteiger partial charge in [0.05, 0.1) is 0 Å². The topological polar surface area (TPSA) is 95.1 Å². The highest BCUT2D eigenvalue weighted by atomic mass is 35.5. The van der Waals surface area contributed by atoms with Gasteiger partial charge in [-0.2, -0.15) is 5.10 Å². The van der Waals surface area contributed by atoms with E-state index < -0.39 is 12.2 Å². The summed E-state index contributed by atoms with van der Waals surface area (Å²) in [5, 5.41) is 11.3. The normalized spacial score (nSPS) is 11.4. The smallest absolute Gasteiger partial charge is 0.412 e. The van der Waals surface area contributed by atoms with Gasteiger partial charge in [0.2, 0.25) is 0 Å². The molecule has 33 heavy (non-hydrogen) atoms. The minimum Gasteiger partial charge on any atom is -0.441 e. The van der Waals surface area contributed by atoms with Gasteiger partial charge in [-0.3, -0.25) is 5.32 Å². The minimum absolute atomic E-state index is 0.428. The number of carbonyl (C=O) groups is 1. The molecule has 0 spiro atoms. The molecular formula is C24H20ClN5O3. The van der Waals surface area contributed by atoms with Crippen LogP contribution in [0.1, 0.15) is 29.8 Å². The Morgan fingerprint density at radius 2 is 2.03 bits per heavy atom. The molecule has 0 aliphatic carbocycles. The third-order valence-corrected chi connectivity index (χ3v) is 5.15. The van der Waals surface area contributed by atoms with Crippen molar-refractivity contribution in [3.63, 3.8) is 0 Å². The first-order chi connectivity index (χ1) is 16.0. The van der Waals surface area contributed by atoms with Crippen molar-refractivity contribution in [2.75, 3.05) is 5.32 Å². The largest absolute Gasteiger partial charge is 0.441 e. The van der Waals surface area contributed by atoms with Gasteiger partial charge in [-0.25, -0.2) is 14.5 Å². The van der Waals surface area contributed by atoms with Crippen LogP contribution in [0.15, 0.2) is 65.7 Å². The van der Waals surface area contributed by atoms with Crippen LogP contribution in [-0.2, 0) is 11.3 Å². The maximum Gasteiger partial charge on any atom is 0.412 e. The van der Waals surface area contributed by atoms with E-state index >= 15 is 0 Å². The van der Waals surface area contributed by atoms with Gasteiger partial charge in [-0.1, -0.05) is 46.8 Å². The molecule has 0 fully saturated rings. The van der Waals surface area contributed by atoms with Gasteiger partial charge in [0.15, 0.2) is 5.76 Å². The van der Waals surface area contributed by atoms with Crippen LogP contribution in [0.2, 0.25) is 5.02 Å². The molecule has 0 radical (unpaired) electrons. The van der Waals surface area contributed by atoms with E-state index in [1.807, 2.05) is 42.5 Å². The van der Waals surface area contributed by atoms with Crippen molar-refractivity contribution in [1.29, 1.82) is 0 Å². The van der Waals surface area contributed by atoms with Gasteiger partial charge in [-0.15, -0.1) is 0 Å². The van der Waals surface area contributed by atoms with Crippen molar-refractivity contribution in [2.45, 2.75) is 26.5 Å². The van der Waals surface area contributed by atoms with E-state index in [-0.39, 0.29) is 0 Å². The Morgan fingerprint density at radius 3 is 2.76 bits per heavy atom. The fourth-order valence-electron chi connectivity index (χ4n) is 3.12. The fourth-order valence-corrected chi connectivity index (χ4v) is 3.41. The molecule has 1 unspecified atom stereocenters. The number of anilines is 1. The number of aromatic nitrogens is 4. The minimum atomic E-state index is -0.634. The van der Waals surface area contributed by atoms with Crippen LogP contribution in [0.25, 0.3) is 11.3 Å². The maximum absolute atomic E-state index is 12.5. The summed E-state index contributed by atoms with van der Waals surface area (Å²) < 4.78 is 12.6. The average molecular weight is 462 g/mol. The number of halogens is 1. The highest BCUT2D eigenvalue weighted by molar-refractivity contribution is 6.31. The van der Waals surface area contributed by atoms with E-state index in [0.717, 1.165) is 16.7 Å². The Morgan fingerprint density at radius 1 is 1.24 bits per heavy atom. The molecule has 166 valence electrons. The second-order valence-corrected chi connectivity index (χ2v) is 7.55. The number of hydrogen-bond acceptors (Lipinski definition) is 6. The number of aryl methyl sites for hydroxylation is 1. The van der Waals surface area contributed by atoms with E-state index in [2.05, 4.69) is 32.4 Å². The molecule has 1 amide bonds. The molecule has 1 N–H and O–H groups in total. The van der Waals surface area contributed by atoms with Crippen LogP contribution < -0.4 is 5.32 Å². The van der Waals surface area contributed by atoms with Crippen molar-refractivity contribution in [2.24, 2.45) is 0 Å². The van der Waals surface area contributed by atoms with Gasteiger partial charge in [0, 0.05) is 21.7 Å². The molecule has 2 heterocycles. The zero-order valence-electron chi connectivity index (χ0n) is 17.9. The predicted octanol–water partition coefficient (Wildman–Crippen LogP) is 5.26. The number of amides is 1. The van der Waals surface area contributed by atoms with Crippen LogP contribution in [0, 0.1) is 18.8 Å². The number of nitrogens with zero attached hydrogens (tertiary/aromatic N) is 4. The van der Waals surface area contributed by atoms with Gasteiger partial charge in [0.1, 0.15) is 36.7 Å². The summed E-state index contributed by atoms with van der Waals surface area (Å²) in [5.41, 5.74) is 3.27. The molecule has 0 saturated heterocycles. The van der Waals surface area contributed by atoms with Crippen molar-refractivity contribution in [3.8, 4) is 23.2 Å². The quantitative estimate of drug-likeness (QED) is 0.407. The Hall–Kier alpha value is -4.09. The molecule has 4 rings (SSSR count). The lowest BCUT2D eigenvalue weighted by molar-refractivity contribution is 0.121. The summed E-state index contributed by atoms with van der Waals surface area (Å²) in [6, 6.07) is 14.6. The van der Waals surface area contributed by atoms with Crippen molar-refractivity contribution < 1.29 is 14.1 Å². The molecule has 0 aliphatic rings. The number of ether oxygens (including phenoxy) is 1. The number of carbonyl (C=O) groups excluding carboxylic acids is 1. The highest BCUT2D eigenvalue weighted by Gasteiger charge is 2.20. The number of benzene rings is 2. The molecule has 2 aromatic heterocycles. The van der Waals surface area contributed by atoms with Crippen molar-refractivity contribution in [1.82, 2.24) is 19.9 Å². The summed E-state index contributed by atoms with van der Waals surface area (Å²) in [6.07, 6.45) is 1.91.